The summed E-state index contributed by atoms with van der Waals surface area (Å²) in [6.07, 6.45) is 0. The van der Waals surface area contributed by atoms with Gasteiger partial charge in [-0.3, -0.25) is 0 Å². The highest BCUT2D eigenvalue weighted by molar-refractivity contribution is 7.86. The average Bonchev–Trinajstić information content (AvgIpc) is 3.37. The number of benzene rings is 3. The first-order valence-corrected chi connectivity index (χ1v) is 12.3. The van der Waals surface area contributed by atoms with Crippen molar-refractivity contribution in [3.05, 3.63) is 65.1 Å². The Morgan fingerprint density at radius 1 is 0.875 bits per heavy atom. The summed E-state index contributed by atoms with van der Waals surface area (Å²) in [6.45, 7) is 2.05. The van der Waals surface area contributed by atoms with Gasteiger partial charge in [-0.2, -0.15) is 8.42 Å². The molecule has 160 valence electrons. The molecule has 11 heteroatoms. The molecule has 2 heterocycles. The van der Waals surface area contributed by atoms with Crippen LogP contribution in [-0.2, 0) is 14.4 Å². The zero-order valence-corrected chi connectivity index (χ0v) is 18.9. The first-order chi connectivity index (χ1) is 15.3. The number of thiazole rings is 2. The van der Waals surface area contributed by atoms with E-state index < -0.39 is 10.1 Å². The van der Waals surface area contributed by atoms with Crippen LogP contribution in [0.2, 0.25) is 0 Å². The Bertz CT molecular complexity index is 1620. The lowest BCUT2D eigenvalue weighted by molar-refractivity contribution is 0.333. The van der Waals surface area contributed by atoms with Gasteiger partial charge in [0, 0.05) is 11.1 Å². The van der Waals surface area contributed by atoms with Crippen LogP contribution in [-0.4, -0.2) is 18.4 Å². The minimum Gasteiger partial charge on any atom is -0.398 e. The van der Waals surface area contributed by atoms with E-state index in [0.29, 0.717) is 10.6 Å². The summed E-state index contributed by atoms with van der Waals surface area (Å²) >= 11 is 3.04. The molecule has 0 spiro atoms. The Labute approximate surface area is 190 Å². The smallest absolute Gasteiger partial charge is 0.363 e. The lowest BCUT2D eigenvalue weighted by Gasteiger charge is -2.05. The second-order valence-corrected chi connectivity index (χ2v) is 10.6. The normalized spacial score (nSPS) is 11.8. The second kappa shape index (κ2) is 7.62. The molecule has 2 aromatic heterocycles. The Morgan fingerprint density at radius 2 is 1.47 bits per heavy atom. The minimum absolute atomic E-state index is 0.0492. The monoisotopic (exact) mass is 482 g/mol. The first-order valence-electron chi connectivity index (χ1n) is 9.28. The highest BCUT2D eigenvalue weighted by atomic mass is 32.2. The van der Waals surface area contributed by atoms with E-state index >= 15 is 0 Å². The summed E-state index contributed by atoms with van der Waals surface area (Å²) in [5.74, 6) is 0. The molecule has 0 saturated heterocycles. The zero-order chi connectivity index (χ0) is 22.5. The summed E-state index contributed by atoms with van der Waals surface area (Å²) in [5.41, 5.74) is 10.2. The van der Waals surface area contributed by atoms with E-state index in [1.54, 1.807) is 17.4 Å². The van der Waals surface area contributed by atoms with Crippen LogP contribution in [0.1, 0.15) is 5.56 Å². The van der Waals surface area contributed by atoms with E-state index in [9.17, 15) is 13.3 Å². The largest absolute Gasteiger partial charge is 0.398 e. The van der Waals surface area contributed by atoms with E-state index in [-0.39, 0.29) is 10.6 Å². The fourth-order valence-corrected chi connectivity index (χ4v) is 6.15. The van der Waals surface area contributed by atoms with Crippen LogP contribution >= 0.6 is 22.7 Å². The second-order valence-electron chi connectivity index (χ2n) is 7.05. The van der Waals surface area contributed by atoms with E-state index in [1.165, 1.54) is 29.0 Å². The molecule has 0 bridgehead atoms. The van der Waals surface area contributed by atoms with Gasteiger partial charge < -0.3 is 5.73 Å². The number of aromatic nitrogens is 2. The molecular weight excluding hydrogens is 468 g/mol. The fourth-order valence-electron chi connectivity index (χ4n) is 3.30. The van der Waals surface area contributed by atoms with E-state index in [0.717, 1.165) is 31.0 Å². The molecule has 0 saturated carbocycles. The van der Waals surface area contributed by atoms with Crippen LogP contribution in [0.5, 0.6) is 0 Å². The van der Waals surface area contributed by atoms with E-state index in [2.05, 4.69) is 22.3 Å². The van der Waals surface area contributed by atoms with Crippen molar-refractivity contribution >= 4 is 58.9 Å². The van der Waals surface area contributed by atoms with Crippen LogP contribution < -0.4 is 5.73 Å². The maximum atomic E-state index is 12.1. The number of anilines is 1. The summed E-state index contributed by atoms with van der Waals surface area (Å²) in [7, 11) is -4.39. The molecule has 0 fully saturated rings. The Balaban J connectivity index is 1.56. The fraction of sp³-hybridized carbons (Fsp3) is 0.0476. The molecule has 0 unspecified atom stereocenters. The predicted molar refractivity (Wildman–Crippen MR) is 127 cm³/mol. The molecule has 32 heavy (non-hydrogen) atoms. The number of hydrogen-bond acceptors (Lipinski definition) is 10. The van der Waals surface area contributed by atoms with Gasteiger partial charge in [0.2, 0.25) is 0 Å². The Morgan fingerprint density at radius 3 is 2.16 bits per heavy atom. The number of hydrogen-bond donors (Lipinski definition) is 1. The van der Waals surface area contributed by atoms with Crippen molar-refractivity contribution in [2.75, 3.05) is 5.73 Å². The third-order valence-corrected chi connectivity index (χ3v) is 8.12. The first kappa shape index (κ1) is 20.5. The van der Waals surface area contributed by atoms with Gasteiger partial charge in [-0.15, -0.1) is 27.6 Å². The van der Waals surface area contributed by atoms with Gasteiger partial charge in [0.25, 0.3) is 0 Å². The van der Waals surface area contributed by atoms with E-state index in [4.69, 9.17) is 10.7 Å². The van der Waals surface area contributed by atoms with Crippen LogP contribution in [0.15, 0.2) is 64.8 Å². The number of nitrogen functional groups attached to an aromatic ring is 1. The lowest BCUT2D eigenvalue weighted by Crippen LogP contribution is -2.06. The Kier molecular flexibility index (Phi) is 4.88. The Hall–Kier alpha value is -3.41. The van der Waals surface area contributed by atoms with Crippen LogP contribution in [0.4, 0.5) is 5.69 Å². The summed E-state index contributed by atoms with van der Waals surface area (Å²) < 4.78 is 30.2. The summed E-state index contributed by atoms with van der Waals surface area (Å²) in [6, 6.07) is 16.5. The molecule has 5 aromatic rings. The van der Waals surface area contributed by atoms with Gasteiger partial charge in [0.1, 0.15) is 14.9 Å². The SMILES string of the molecule is Cc1ccc2nc(-c3ccc4nc(-c5ccc(N)c(S(=O)(=O)ON=O)c5)sc4c3)sc2c1. The molecule has 5 rings (SSSR count). The molecule has 0 amide bonds. The van der Waals surface area contributed by atoms with Crippen LogP contribution in [0.3, 0.4) is 0 Å². The summed E-state index contributed by atoms with van der Waals surface area (Å²) in [5, 5.41) is 3.53. The van der Waals surface area contributed by atoms with Gasteiger partial charge in [-0.05, 0) is 61.0 Å². The number of aryl methyl sites for hydroxylation is 1. The molecule has 0 aliphatic rings. The predicted octanol–water partition coefficient (Wildman–Crippen LogP) is 5.52. The molecule has 0 atom stereocenters. The van der Waals surface area contributed by atoms with Crippen molar-refractivity contribution in [1.29, 1.82) is 0 Å². The molecule has 2 N–H and O–H groups in total. The average molecular weight is 483 g/mol. The third kappa shape index (κ3) is 3.60. The third-order valence-electron chi connectivity index (χ3n) is 4.84. The van der Waals surface area contributed by atoms with Gasteiger partial charge in [-0.25, -0.2) is 14.3 Å². The maximum Gasteiger partial charge on any atom is 0.363 e. The number of nitrogens with zero attached hydrogens (tertiary/aromatic N) is 3. The van der Waals surface area contributed by atoms with Crippen LogP contribution in [0, 0.1) is 11.8 Å². The highest BCUT2D eigenvalue weighted by Gasteiger charge is 2.22. The number of nitrogens with two attached hydrogens (primary N) is 1. The molecule has 3 aromatic carbocycles. The van der Waals surface area contributed by atoms with Gasteiger partial charge in [-0.1, -0.05) is 6.07 Å². The summed E-state index contributed by atoms with van der Waals surface area (Å²) in [4.78, 5) is 19.3. The van der Waals surface area contributed by atoms with Crippen molar-refractivity contribution in [3.8, 4) is 21.1 Å². The van der Waals surface area contributed by atoms with Crippen molar-refractivity contribution < 1.29 is 12.7 Å². The van der Waals surface area contributed by atoms with Gasteiger partial charge in [0.15, 0.2) is 5.34 Å². The number of fused-ring (bicyclic) bond motifs is 2. The van der Waals surface area contributed by atoms with Crippen molar-refractivity contribution in [1.82, 2.24) is 9.97 Å². The quantitative estimate of drug-likeness (QED) is 0.199. The van der Waals surface area contributed by atoms with Crippen molar-refractivity contribution in [3.63, 3.8) is 0 Å². The van der Waals surface area contributed by atoms with Gasteiger partial charge in [0.05, 0.1) is 26.1 Å². The topological polar surface area (TPSA) is 125 Å². The van der Waals surface area contributed by atoms with Crippen LogP contribution in [0.25, 0.3) is 41.6 Å². The molecule has 8 nitrogen and oxygen atoms in total. The standard InChI is InChI=1S/C21H14N4O4S3/c1-11-2-6-15-17(8-11)30-20(23-15)12-4-7-16-18(9-12)31-21(24-16)13-3-5-14(22)19(10-13)32(27,28)29-25-26/h2-10H,22H2,1H3. The molecule has 0 radical (unpaired) electrons. The van der Waals surface area contributed by atoms with Crippen molar-refractivity contribution in [2.45, 2.75) is 11.8 Å². The molecular formula is C21H14N4O4S3. The lowest BCUT2D eigenvalue weighted by atomic mass is 10.2. The maximum absolute atomic E-state index is 12.1. The molecule has 0 aliphatic heterocycles. The molecule has 0 aliphatic carbocycles. The van der Waals surface area contributed by atoms with Gasteiger partial charge >= 0.3 is 10.1 Å². The van der Waals surface area contributed by atoms with Crippen molar-refractivity contribution in [2.24, 2.45) is 5.34 Å². The highest BCUT2D eigenvalue weighted by Crippen LogP contribution is 2.37. The number of rotatable bonds is 5. The zero-order valence-electron chi connectivity index (χ0n) is 16.5. The van der Waals surface area contributed by atoms with E-state index in [1.807, 2.05) is 35.7 Å². The minimum atomic E-state index is -4.39.